The van der Waals surface area contributed by atoms with E-state index in [0.29, 0.717) is 29.9 Å². The molecule has 3 aromatic carbocycles. The minimum atomic E-state index is -0.372. The molecule has 1 atom stereocenters. The van der Waals surface area contributed by atoms with Crippen LogP contribution in [-0.4, -0.2) is 17.8 Å². The summed E-state index contributed by atoms with van der Waals surface area (Å²) < 4.78 is 0. The first-order valence-corrected chi connectivity index (χ1v) is 10.5. The number of fused-ring (bicyclic) bond motifs is 1. The molecule has 0 radical (unpaired) electrons. The summed E-state index contributed by atoms with van der Waals surface area (Å²) in [6, 6.07) is 23.4. The minimum absolute atomic E-state index is 0.0490. The van der Waals surface area contributed by atoms with Crippen molar-refractivity contribution in [1.82, 2.24) is 0 Å². The fourth-order valence-electron chi connectivity index (χ4n) is 3.66. The second kappa shape index (κ2) is 9.78. The Bertz CT molecular complexity index is 1130. The zero-order valence-electron chi connectivity index (χ0n) is 17.4. The number of hydrogen-bond donors (Lipinski definition) is 4. The van der Waals surface area contributed by atoms with Crippen LogP contribution < -0.4 is 21.3 Å². The van der Waals surface area contributed by atoms with E-state index >= 15 is 0 Å². The van der Waals surface area contributed by atoms with Crippen molar-refractivity contribution in [3.8, 4) is 0 Å². The molecule has 32 heavy (non-hydrogen) atoms. The first kappa shape index (κ1) is 21.1. The largest absolute Gasteiger partial charge is 0.326 e. The number of rotatable bonds is 6. The van der Waals surface area contributed by atoms with E-state index < -0.39 is 0 Å². The summed E-state index contributed by atoms with van der Waals surface area (Å²) in [4.78, 5) is 36.9. The van der Waals surface area contributed by atoms with Crippen molar-refractivity contribution in [2.45, 2.75) is 19.3 Å². The topological polar surface area (TPSA) is 99.3 Å². The molecule has 1 aliphatic rings. The fourth-order valence-corrected chi connectivity index (χ4v) is 3.66. The van der Waals surface area contributed by atoms with E-state index in [9.17, 15) is 14.4 Å². The molecule has 1 heterocycles. The predicted octanol–water partition coefficient (Wildman–Crippen LogP) is 4.86. The second-order valence-corrected chi connectivity index (χ2v) is 7.66. The zero-order chi connectivity index (χ0) is 22.3. The van der Waals surface area contributed by atoms with Gasteiger partial charge in [0.05, 0.1) is 0 Å². The molecule has 162 valence electrons. The molecule has 4 rings (SSSR count). The van der Waals surface area contributed by atoms with E-state index in [4.69, 9.17) is 0 Å². The Morgan fingerprint density at radius 1 is 0.812 bits per heavy atom. The summed E-state index contributed by atoms with van der Waals surface area (Å²) in [5.74, 6) is -0.458. The summed E-state index contributed by atoms with van der Waals surface area (Å²) >= 11 is 0. The number of hydrogen-bond acceptors (Lipinski definition) is 3. The highest BCUT2D eigenvalue weighted by Gasteiger charge is 2.26. The Hall–Kier alpha value is -4.13. The van der Waals surface area contributed by atoms with Gasteiger partial charge in [-0.15, -0.1) is 0 Å². The molecule has 3 aromatic rings. The average Bonchev–Trinajstić information content (AvgIpc) is 2.78. The Morgan fingerprint density at radius 3 is 2.28 bits per heavy atom. The lowest BCUT2D eigenvalue weighted by molar-refractivity contribution is -0.121. The smallest absolute Gasteiger partial charge is 0.323 e. The van der Waals surface area contributed by atoms with E-state index in [1.54, 1.807) is 36.4 Å². The van der Waals surface area contributed by atoms with Crippen LogP contribution in [0.5, 0.6) is 0 Å². The van der Waals surface area contributed by atoms with Gasteiger partial charge in [0.1, 0.15) is 0 Å². The molecule has 7 heteroatoms. The Balaban J connectivity index is 1.28. The Morgan fingerprint density at radius 2 is 1.47 bits per heavy atom. The maximum atomic E-state index is 12.4. The molecule has 0 bridgehead atoms. The Labute approximate surface area is 186 Å². The third-order valence-corrected chi connectivity index (χ3v) is 5.27. The number of carbonyl (C=O) groups excluding carboxylic acids is 3. The molecule has 0 fully saturated rings. The van der Waals surface area contributed by atoms with Crippen LogP contribution in [0.15, 0.2) is 78.9 Å². The highest BCUT2D eigenvalue weighted by atomic mass is 16.2. The minimum Gasteiger partial charge on any atom is -0.326 e. The molecule has 4 N–H and O–H groups in total. The maximum Gasteiger partial charge on any atom is 0.323 e. The summed E-state index contributed by atoms with van der Waals surface area (Å²) in [5.41, 5.74) is 3.75. The van der Waals surface area contributed by atoms with Gasteiger partial charge in [-0.2, -0.15) is 0 Å². The number of amides is 4. The first-order chi connectivity index (χ1) is 15.6. The zero-order valence-corrected chi connectivity index (χ0v) is 17.4. The van der Waals surface area contributed by atoms with Crippen molar-refractivity contribution in [2.24, 2.45) is 5.92 Å². The van der Waals surface area contributed by atoms with Gasteiger partial charge >= 0.3 is 6.03 Å². The second-order valence-electron chi connectivity index (χ2n) is 7.66. The quantitative estimate of drug-likeness (QED) is 0.451. The fraction of sp³-hybridized carbons (Fsp3) is 0.160. The summed E-state index contributed by atoms with van der Waals surface area (Å²) in [6.45, 7) is 0. The van der Waals surface area contributed by atoms with E-state index in [-0.39, 0.29) is 30.2 Å². The standard InChI is InChI=1S/C25H24N4O3/c30-23(14-13-18-15-17-7-4-5-12-22(17)29-24(18)31)26-20-10-6-11-21(16-20)28-25(32)27-19-8-2-1-3-9-19/h1-12,16,18H,13-15H2,(H,26,30)(H,29,31)(H2,27,28,32)/t18-/m0/s1. The van der Waals surface area contributed by atoms with Gasteiger partial charge in [-0.25, -0.2) is 4.79 Å². The SMILES string of the molecule is O=C(CC[C@H]1Cc2ccccc2NC1=O)Nc1cccc(NC(=O)Nc2ccccc2)c1. The molecule has 7 nitrogen and oxygen atoms in total. The summed E-state index contributed by atoms with van der Waals surface area (Å²) in [6.07, 6.45) is 1.32. The van der Waals surface area contributed by atoms with Crippen molar-refractivity contribution in [3.63, 3.8) is 0 Å². The number of nitrogens with one attached hydrogen (secondary N) is 4. The van der Waals surface area contributed by atoms with Gasteiger partial charge in [-0.05, 0) is 54.8 Å². The van der Waals surface area contributed by atoms with Gasteiger partial charge in [0, 0.05) is 35.1 Å². The molecule has 0 saturated heterocycles. The number of urea groups is 1. The number of carbonyl (C=O) groups is 3. The van der Waals surface area contributed by atoms with Crippen LogP contribution in [0.2, 0.25) is 0 Å². The van der Waals surface area contributed by atoms with Gasteiger partial charge in [-0.3, -0.25) is 9.59 Å². The highest BCUT2D eigenvalue weighted by Crippen LogP contribution is 2.27. The predicted molar refractivity (Wildman–Crippen MR) is 126 cm³/mol. The molecule has 0 aromatic heterocycles. The van der Waals surface area contributed by atoms with Gasteiger partial charge in [0.25, 0.3) is 0 Å². The van der Waals surface area contributed by atoms with Crippen LogP contribution in [0.4, 0.5) is 27.5 Å². The van der Waals surface area contributed by atoms with E-state index in [0.717, 1.165) is 11.3 Å². The lowest BCUT2D eigenvalue weighted by Gasteiger charge is -2.24. The van der Waals surface area contributed by atoms with Crippen LogP contribution in [0.25, 0.3) is 0 Å². The van der Waals surface area contributed by atoms with Crippen LogP contribution in [0.1, 0.15) is 18.4 Å². The van der Waals surface area contributed by atoms with Crippen molar-refractivity contribution >= 4 is 40.6 Å². The monoisotopic (exact) mass is 428 g/mol. The number of anilines is 4. The average molecular weight is 428 g/mol. The van der Waals surface area contributed by atoms with Gasteiger partial charge in [0.15, 0.2) is 0 Å². The number of benzene rings is 3. The van der Waals surface area contributed by atoms with E-state index in [1.807, 2.05) is 42.5 Å². The molecular weight excluding hydrogens is 404 g/mol. The van der Waals surface area contributed by atoms with E-state index in [1.165, 1.54) is 0 Å². The van der Waals surface area contributed by atoms with Crippen LogP contribution in [0.3, 0.4) is 0 Å². The summed E-state index contributed by atoms with van der Waals surface area (Å²) in [5, 5.41) is 11.2. The van der Waals surface area contributed by atoms with Crippen LogP contribution in [-0.2, 0) is 16.0 Å². The molecule has 1 aliphatic heterocycles. The van der Waals surface area contributed by atoms with E-state index in [2.05, 4.69) is 21.3 Å². The van der Waals surface area contributed by atoms with Crippen molar-refractivity contribution in [3.05, 3.63) is 84.4 Å². The Kier molecular flexibility index (Phi) is 6.46. The van der Waals surface area contributed by atoms with Crippen molar-refractivity contribution < 1.29 is 14.4 Å². The van der Waals surface area contributed by atoms with Crippen LogP contribution in [0, 0.1) is 5.92 Å². The highest BCUT2D eigenvalue weighted by molar-refractivity contribution is 6.00. The normalized spacial score (nSPS) is 14.6. The lowest BCUT2D eigenvalue weighted by atomic mass is 9.89. The molecule has 0 unspecified atom stereocenters. The molecular formula is C25H24N4O3. The van der Waals surface area contributed by atoms with Gasteiger partial charge in [0.2, 0.25) is 11.8 Å². The van der Waals surface area contributed by atoms with Crippen LogP contribution >= 0.6 is 0 Å². The summed E-state index contributed by atoms with van der Waals surface area (Å²) in [7, 11) is 0. The molecule has 4 amide bonds. The van der Waals surface area contributed by atoms with Crippen molar-refractivity contribution in [2.75, 3.05) is 21.3 Å². The van der Waals surface area contributed by atoms with Crippen molar-refractivity contribution in [1.29, 1.82) is 0 Å². The lowest BCUT2D eigenvalue weighted by Crippen LogP contribution is -2.30. The maximum absolute atomic E-state index is 12.4. The third-order valence-electron chi connectivity index (χ3n) is 5.27. The molecule has 0 spiro atoms. The number of para-hydroxylation sites is 2. The third kappa shape index (κ3) is 5.51. The first-order valence-electron chi connectivity index (χ1n) is 10.5. The molecule has 0 aliphatic carbocycles. The molecule has 0 saturated carbocycles. The van der Waals surface area contributed by atoms with Gasteiger partial charge in [-0.1, -0.05) is 42.5 Å². The van der Waals surface area contributed by atoms with Gasteiger partial charge < -0.3 is 21.3 Å².